The molecule has 0 aliphatic carbocycles. The summed E-state index contributed by atoms with van der Waals surface area (Å²) in [6.07, 6.45) is 4.04. The van der Waals surface area contributed by atoms with E-state index in [1.54, 1.807) is 36.7 Å². The van der Waals surface area contributed by atoms with E-state index in [0.717, 1.165) is 22.4 Å². The summed E-state index contributed by atoms with van der Waals surface area (Å²) in [7, 11) is -2.20. The fourth-order valence-electron chi connectivity index (χ4n) is 2.73. The van der Waals surface area contributed by atoms with E-state index in [1.807, 2.05) is 19.1 Å². The summed E-state index contributed by atoms with van der Waals surface area (Å²) < 4.78 is 42.5. The molecule has 0 spiro atoms. The van der Waals surface area contributed by atoms with Crippen molar-refractivity contribution in [2.45, 2.75) is 13.3 Å². The average molecular weight is 479 g/mol. The summed E-state index contributed by atoms with van der Waals surface area (Å²) in [6, 6.07) is 11.9. The first-order chi connectivity index (χ1) is 13.8. The lowest BCUT2D eigenvalue weighted by atomic mass is 10.0. The van der Waals surface area contributed by atoms with E-state index in [0.29, 0.717) is 22.3 Å². The minimum Gasteiger partial charge on any atom is -0.352 e. The molecule has 1 heterocycles. The topological polar surface area (TPSA) is 83.1 Å². The molecule has 3 N–H and O–H groups in total. The lowest BCUT2D eigenvalue weighted by molar-refractivity contribution is 0.593. The molecule has 0 saturated heterocycles. The largest absolute Gasteiger partial charge is 0.352 e. The van der Waals surface area contributed by atoms with Gasteiger partial charge >= 0.3 is 0 Å². The molecule has 152 valence electrons. The van der Waals surface area contributed by atoms with E-state index < -0.39 is 10.2 Å². The van der Waals surface area contributed by atoms with Crippen LogP contribution in [0.4, 0.5) is 21.5 Å². The Labute approximate surface area is 177 Å². The molecular formula is C20H20BrFN4O2S. The summed E-state index contributed by atoms with van der Waals surface area (Å²) in [6.45, 7) is 1.95. The maximum atomic E-state index is 14.1. The highest BCUT2D eigenvalue weighted by atomic mass is 79.9. The number of aromatic nitrogens is 1. The number of halogens is 2. The van der Waals surface area contributed by atoms with Gasteiger partial charge < -0.3 is 5.32 Å². The van der Waals surface area contributed by atoms with Crippen molar-refractivity contribution in [1.82, 2.24) is 9.71 Å². The number of rotatable bonds is 7. The van der Waals surface area contributed by atoms with Gasteiger partial charge in [-0.15, -0.1) is 0 Å². The molecule has 0 unspecified atom stereocenters. The first kappa shape index (κ1) is 21.2. The second-order valence-corrected chi connectivity index (χ2v) is 8.94. The smallest absolute Gasteiger partial charge is 0.298 e. The van der Waals surface area contributed by atoms with Gasteiger partial charge in [-0.3, -0.25) is 9.71 Å². The number of nitrogens with zero attached hydrogens (tertiary/aromatic N) is 1. The van der Waals surface area contributed by atoms with Crippen LogP contribution in [0.3, 0.4) is 0 Å². The van der Waals surface area contributed by atoms with Crippen molar-refractivity contribution in [3.63, 3.8) is 0 Å². The van der Waals surface area contributed by atoms with Crippen LogP contribution >= 0.6 is 15.9 Å². The molecule has 0 aliphatic heterocycles. The van der Waals surface area contributed by atoms with Gasteiger partial charge in [0.25, 0.3) is 10.2 Å². The van der Waals surface area contributed by atoms with Gasteiger partial charge in [-0.25, -0.2) is 9.11 Å². The maximum absolute atomic E-state index is 14.1. The molecule has 6 nitrogen and oxygen atoms in total. The van der Waals surface area contributed by atoms with Gasteiger partial charge in [-0.05, 0) is 60.4 Å². The van der Waals surface area contributed by atoms with Gasteiger partial charge in [0.1, 0.15) is 5.82 Å². The second-order valence-electron chi connectivity index (χ2n) is 6.40. The summed E-state index contributed by atoms with van der Waals surface area (Å²) in [4.78, 5) is 4.27. The van der Waals surface area contributed by atoms with Crippen molar-refractivity contribution >= 4 is 43.2 Å². The zero-order chi connectivity index (χ0) is 21.0. The second kappa shape index (κ2) is 8.89. The normalized spacial score (nSPS) is 11.3. The predicted molar refractivity (Wildman–Crippen MR) is 117 cm³/mol. The number of hydrogen-bond donors (Lipinski definition) is 3. The third-order valence-electron chi connectivity index (χ3n) is 4.39. The maximum Gasteiger partial charge on any atom is 0.298 e. The molecule has 3 aromatic rings. The van der Waals surface area contributed by atoms with Crippen molar-refractivity contribution in [2.24, 2.45) is 0 Å². The molecule has 1 aromatic heterocycles. The molecule has 0 amide bonds. The van der Waals surface area contributed by atoms with Crippen LogP contribution in [0.25, 0.3) is 0 Å². The van der Waals surface area contributed by atoms with Crippen LogP contribution in [-0.2, 0) is 16.6 Å². The Hall–Kier alpha value is -2.49. The van der Waals surface area contributed by atoms with Crippen molar-refractivity contribution < 1.29 is 12.8 Å². The Morgan fingerprint density at radius 1 is 1.07 bits per heavy atom. The Morgan fingerprint density at radius 3 is 2.45 bits per heavy atom. The van der Waals surface area contributed by atoms with Crippen LogP contribution in [0.1, 0.15) is 16.7 Å². The van der Waals surface area contributed by atoms with E-state index in [9.17, 15) is 12.8 Å². The third-order valence-corrected chi connectivity index (χ3v) is 5.92. The van der Waals surface area contributed by atoms with Crippen molar-refractivity contribution in [2.75, 3.05) is 17.1 Å². The number of pyridine rings is 1. The SMILES string of the molecule is CNS(=O)(=O)Nc1ccc(Cc2cncc(Nc3ccc(Br)cc3F)c2C)cc1. The van der Waals surface area contributed by atoms with Crippen LogP contribution in [0.5, 0.6) is 0 Å². The quantitative estimate of drug-likeness (QED) is 0.466. The molecule has 9 heteroatoms. The third kappa shape index (κ3) is 5.53. The van der Waals surface area contributed by atoms with Gasteiger partial charge in [-0.1, -0.05) is 28.1 Å². The van der Waals surface area contributed by atoms with E-state index in [4.69, 9.17) is 0 Å². The van der Waals surface area contributed by atoms with E-state index in [2.05, 4.69) is 35.7 Å². The fraction of sp³-hybridized carbons (Fsp3) is 0.150. The Kier molecular flexibility index (Phi) is 6.51. The van der Waals surface area contributed by atoms with Gasteiger partial charge in [0, 0.05) is 23.4 Å². The summed E-state index contributed by atoms with van der Waals surface area (Å²) in [5.74, 6) is -0.358. The highest BCUT2D eigenvalue weighted by Crippen LogP contribution is 2.27. The van der Waals surface area contributed by atoms with E-state index >= 15 is 0 Å². The molecule has 0 atom stereocenters. The van der Waals surface area contributed by atoms with Crippen LogP contribution in [-0.4, -0.2) is 20.4 Å². The molecule has 0 radical (unpaired) electrons. The fourth-order valence-corrected chi connectivity index (χ4v) is 3.61. The summed E-state index contributed by atoms with van der Waals surface area (Å²) in [5.41, 5.74) is 4.50. The average Bonchev–Trinajstić information content (AvgIpc) is 2.68. The van der Waals surface area contributed by atoms with Crippen LogP contribution in [0.15, 0.2) is 59.3 Å². The molecular weight excluding hydrogens is 459 g/mol. The molecule has 0 bridgehead atoms. The zero-order valence-corrected chi connectivity index (χ0v) is 18.2. The Bertz CT molecular complexity index is 1120. The van der Waals surface area contributed by atoms with Crippen molar-refractivity contribution in [3.8, 4) is 0 Å². The highest BCUT2D eigenvalue weighted by molar-refractivity contribution is 9.10. The summed E-state index contributed by atoms with van der Waals surface area (Å²) in [5, 5.41) is 3.09. The van der Waals surface area contributed by atoms with Gasteiger partial charge in [0.15, 0.2) is 0 Å². The summed E-state index contributed by atoms with van der Waals surface area (Å²) >= 11 is 3.25. The number of benzene rings is 2. The zero-order valence-electron chi connectivity index (χ0n) is 15.8. The number of hydrogen-bond acceptors (Lipinski definition) is 4. The van der Waals surface area contributed by atoms with Crippen molar-refractivity contribution in [1.29, 1.82) is 0 Å². The first-order valence-electron chi connectivity index (χ1n) is 8.73. The number of anilines is 3. The first-order valence-corrected chi connectivity index (χ1v) is 11.0. The molecule has 0 saturated carbocycles. The van der Waals surface area contributed by atoms with Crippen molar-refractivity contribution in [3.05, 3.63) is 81.8 Å². The van der Waals surface area contributed by atoms with Crippen LogP contribution < -0.4 is 14.8 Å². The monoisotopic (exact) mass is 478 g/mol. The highest BCUT2D eigenvalue weighted by Gasteiger charge is 2.10. The minimum absolute atomic E-state index is 0.358. The molecule has 29 heavy (non-hydrogen) atoms. The van der Waals surface area contributed by atoms with Gasteiger partial charge in [-0.2, -0.15) is 8.42 Å². The molecule has 0 aliphatic rings. The predicted octanol–water partition coefficient (Wildman–Crippen LogP) is 4.50. The molecule has 2 aromatic carbocycles. The molecule has 3 rings (SSSR count). The Balaban J connectivity index is 1.77. The lowest BCUT2D eigenvalue weighted by Gasteiger charge is -2.14. The van der Waals surface area contributed by atoms with Crippen LogP contribution in [0.2, 0.25) is 0 Å². The van der Waals surface area contributed by atoms with E-state index in [-0.39, 0.29) is 5.82 Å². The Morgan fingerprint density at radius 2 is 1.79 bits per heavy atom. The standard InChI is InChI=1S/C20H20BrFN4O2S/c1-13-15(9-14-3-6-17(7-4-14)26-29(27,28)23-2)11-24-12-20(13)25-19-8-5-16(21)10-18(19)22/h3-8,10-12,23,25-26H,9H2,1-2H3. The van der Waals surface area contributed by atoms with Gasteiger partial charge in [0.2, 0.25) is 0 Å². The molecule has 0 fully saturated rings. The van der Waals surface area contributed by atoms with E-state index in [1.165, 1.54) is 13.1 Å². The lowest BCUT2D eigenvalue weighted by Crippen LogP contribution is -2.26. The van der Waals surface area contributed by atoms with Gasteiger partial charge in [0.05, 0.1) is 17.6 Å². The minimum atomic E-state index is -3.54. The number of nitrogens with one attached hydrogen (secondary N) is 3. The van der Waals surface area contributed by atoms with Crippen LogP contribution in [0, 0.1) is 12.7 Å².